The van der Waals surface area contributed by atoms with Gasteiger partial charge in [-0.05, 0) is 34.6 Å². The number of ether oxygens (including phenoxy) is 4. The summed E-state index contributed by atoms with van der Waals surface area (Å²) >= 11 is 0. The van der Waals surface area contributed by atoms with E-state index in [-0.39, 0.29) is 25.7 Å². The molecular weight excluding hydrogens is 290 g/mol. The van der Waals surface area contributed by atoms with Crippen LogP contribution in [0.15, 0.2) is 0 Å². The summed E-state index contributed by atoms with van der Waals surface area (Å²) in [5, 5.41) is 12.9. The highest BCUT2D eigenvalue weighted by Crippen LogP contribution is 2.29. The van der Waals surface area contributed by atoms with Gasteiger partial charge in [-0.15, -0.1) is 0 Å². The number of amides is 1. The van der Waals surface area contributed by atoms with E-state index in [4.69, 9.17) is 18.9 Å². The van der Waals surface area contributed by atoms with Crippen molar-refractivity contribution in [1.29, 1.82) is 0 Å². The van der Waals surface area contributed by atoms with Crippen LogP contribution in [0.3, 0.4) is 0 Å². The topological polar surface area (TPSA) is 86.3 Å². The number of hydrogen-bond acceptors (Lipinski definition) is 6. The van der Waals surface area contributed by atoms with Crippen LogP contribution in [-0.4, -0.2) is 61.2 Å². The lowest BCUT2D eigenvalue weighted by Gasteiger charge is -2.40. The molecule has 0 bridgehead atoms. The van der Waals surface area contributed by atoms with Crippen LogP contribution in [0.5, 0.6) is 0 Å². The zero-order chi connectivity index (χ0) is 16.6. The third-order valence-electron chi connectivity index (χ3n) is 3.96. The van der Waals surface area contributed by atoms with Crippen molar-refractivity contribution in [2.45, 2.75) is 58.4 Å². The van der Waals surface area contributed by atoms with Gasteiger partial charge in [-0.2, -0.15) is 0 Å². The lowest BCUT2D eigenvalue weighted by molar-refractivity contribution is -0.277. The van der Waals surface area contributed by atoms with Crippen LogP contribution >= 0.6 is 0 Å². The van der Waals surface area contributed by atoms with Crippen molar-refractivity contribution in [2.24, 2.45) is 5.41 Å². The number of nitrogens with one attached hydrogen (secondary N) is 1. The van der Waals surface area contributed by atoms with Crippen molar-refractivity contribution >= 4 is 5.91 Å². The van der Waals surface area contributed by atoms with Gasteiger partial charge in [0.2, 0.25) is 5.91 Å². The molecule has 0 spiro atoms. The maximum Gasteiger partial charge on any atom is 0.230 e. The van der Waals surface area contributed by atoms with Crippen LogP contribution in [0, 0.1) is 5.41 Å². The molecule has 2 N–H and O–H groups in total. The van der Waals surface area contributed by atoms with Gasteiger partial charge in [-0.1, -0.05) is 0 Å². The fourth-order valence-electron chi connectivity index (χ4n) is 2.33. The second-order valence-electron chi connectivity index (χ2n) is 7.18. The van der Waals surface area contributed by atoms with Gasteiger partial charge in [-0.25, -0.2) is 0 Å². The number of aliphatic hydroxyl groups excluding tert-OH is 1. The van der Waals surface area contributed by atoms with Crippen molar-refractivity contribution in [3.63, 3.8) is 0 Å². The summed E-state index contributed by atoms with van der Waals surface area (Å²) in [6.45, 7) is 9.94. The molecule has 2 saturated heterocycles. The van der Waals surface area contributed by atoms with Crippen LogP contribution in [0.1, 0.15) is 34.6 Å². The smallest absolute Gasteiger partial charge is 0.230 e. The first-order valence-corrected chi connectivity index (χ1v) is 7.59. The molecule has 2 aliphatic heterocycles. The summed E-state index contributed by atoms with van der Waals surface area (Å²) in [6.07, 6.45) is -1.27. The normalized spacial score (nSPS) is 30.7. The fourth-order valence-corrected chi connectivity index (χ4v) is 2.33. The van der Waals surface area contributed by atoms with Crippen LogP contribution < -0.4 is 5.32 Å². The summed E-state index contributed by atoms with van der Waals surface area (Å²) in [6, 6.07) is 0. The van der Waals surface area contributed by atoms with Crippen molar-refractivity contribution in [2.75, 3.05) is 26.4 Å². The fraction of sp³-hybridized carbons (Fsp3) is 0.933. The molecular formula is C15H27NO6. The van der Waals surface area contributed by atoms with Crippen LogP contribution in [0.4, 0.5) is 0 Å². The molecule has 22 heavy (non-hydrogen) atoms. The summed E-state index contributed by atoms with van der Waals surface area (Å²) in [7, 11) is 0. The molecule has 1 amide bonds. The molecule has 2 atom stereocenters. The molecule has 1 unspecified atom stereocenters. The van der Waals surface area contributed by atoms with Gasteiger partial charge in [0.25, 0.3) is 0 Å². The third-order valence-corrected chi connectivity index (χ3v) is 3.96. The maximum absolute atomic E-state index is 12.3. The average Bonchev–Trinajstić information content (AvgIpc) is 2.80. The third kappa shape index (κ3) is 4.17. The number of carbonyl (C=O) groups is 1. The van der Waals surface area contributed by atoms with Crippen LogP contribution in [0.25, 0.3) is 0 Å². The van der Waals surface area contributed by atoms with Crippen LogP contribution in [-0.2, 0) is 23.7 Å². The van der Waals surface area contributed by atoms with Crippen molar-refractivity contribution in [3.8, 4) is 0 Å². The van der Waals surface area contributed by atoms with Gasteiger partial charge in [-0.3, -0.25) is 4.79 Å². The van der Waals surface area contributed by atoms with Gasteiger partial charge < -0.3 is 29.4 Å². The molecule has 0 aromatic heterocycles. The Morgan fingerprint density at radius 3 is 2.23 bits per heavy atom. The number of hydrogen-bond donors (Lipinski definition) is 2. The Morgan fingerprint density at radius 2 is 1.73 bits per heavy atom. The predicted molar refractivity (Wildman–Crippen MR) is 78.0 cm³/mol. The van der Waals surface area contributed by atoms with E-state index in [2.05, 4.69) is 5.32 Å². The monoisotopic (exact) mass is 317 g/mol. The Bertz CT molecular complexity index is 412. The zero-order valence-electron chi connectivity index (χ0n) is 14.0. The van der Waals surface area contributed by atoms with Gasteiger partial charge in [0.1, 0.15) is 6.10 Å². The minimum absolute atomic E-state index is 0.0991. The second kappa shape index (κ2) is 6.05. The van der Waals surface area contributed by atoms with E-state index < -0.39 is 29.2 Å². The van der Waals surface area contributed by atoms with Gasteiger partial charge in [0, 0.05) is 6.54 Å². The molecule has 0 aromatic rings. The van der Waals surface area contributed by atoms with Gasteiger partial charge in [0.05, 0.1) is 31.3 Å². The highest BCUT2D eigenvalue weighted by Gasteiger charge is 2.43. The average molecular weight is 317 g/mol. The Hall–Kier alpha value is -0.730. The SMILES string of the molecule is CC1(C)OCC(C)(C(=O)NCC(O)[C@H]2COC(C)(C)O2)CO1. The molecule has 7 nitrogen and oxygen atoms in total. The van der Waals surface area contributed by atoms with Crippen LogP contribution in [0.2, 0.25) is 0 Å². The highest BCUT2D eigenvalue weighted by molar-refractivity contribution is 5.82. The van der Waals surface area contributed by atoms with Crippen molar-refractivity contribution in [1.82, 2.24) is 5.32 Å². The molecule has 2 fully saturated rings. The van der Waals surface area contributed by atoms with Gasteiger partial charge >= 0.3 is 0 Å². The highest BCUT2D eigenvalue weighted by atomic mass is 16.7. The number of rotatable bonds is 4. The summed E-state index contributed by atoms with van der Waals surface area (Å²) in [4.78, 5) is 12.3. The zero-order valence-corrected chi connectivity index (χ0v) is 14.0. The Labute approximate surface area is 131 Å². The minimum atomic E-state index is -0.823. The van der Waals surface area contributed by atoms with E-state index in [9.17, 15) is 9.90 Å². The summed E-state index contributed by atoms with van der Waals surface area (Å²) in [5.74, 6) is -1.57. The van der Waals surface area contributed by atoms with E-state index in [1.807, 2.05) is 13.8 Å². The van der Waals surface area contributed by atoms with E-state index in [0.717, 1.165) is 0 Å². The molecule has 0 saturated carbocycles. The Kier molecular flexibility index (Phi) is 4.85. The molecule has 2 aliphatic rings. The van der Waals surface area contributed by atoms with Crippen molar-refractivity contribution < 1.29 is 28.8 Å². The van der Waals surface area contributed by atoms with Crippen molar-refractivity contribution in [3.05, 3.63) is 0 Å². The van der Waals surface area contributed by atoms with Gasteiger partial charge in [0.15, 0.2) is 11.6 Å². The summed E-state index contributed by atoms with van der Waals surface area (Å²) in [5.41, 5.74) is -0.762. The van der Waals surface area contributed by atoms with E-state index in [0.29, 0.717) is 6.61 Å². The minimum Gasteiger partial charge on any atom is -0.388 e. The van der Waals surface area contributed by atoms with E-state index in [1.54, 1.807) is 20.8 Å². The molecule has 7 heteroatoms. The number of aliphatic hydroxyl groups is 1. The first-order chi connectivity index (χ1) is 10.0. The lowest BCUT2D eigenvalue weighted by atomic mass is 9.90. The first kappa shape index (κ1) is 17.6. The second-order valence-corrected chi connectivity index (χ2v) is 7.18. The number of carbonyl (C=O) groups excluding carboxylic acids is 1. The molecule has 0 aliphatic carbocycles. The molecule has 2 heterocycles. The maximum atomic E-state index is 12.3. The summed E-state index contributed by atoms with van der Waals surface area (Å²) < 4.78 is 22.1. The first-order valence-electron chi connectivity index (χ1n) is 7.59. The molecule has 0 radical (unpaired) electrons. The molecule has 2 rings (SSSR count). The largest absolute Gasteiger partial charge is 0.388 e. The molecule has 128 valence electrons. The predicted octanol–water partition coefficient (Wildman–Crippen LogP) is 0.404. The van der Waals surface area contributed by atoms with E-state index >= 15 is 0 Å². The quantitative estimate of drug-likeness (QED) is 0.781. The lowest BCUT2D eigenvalue weighted by Crippen LogP contribution is -2.54. The van der Waals surface area contributed by atoms with E-state index in [1.165, 1.54) is 0 Å². The Morgan fingerprint density at radius 1 is 1.14 bits per heavy atom. The standard InChI is InChI=1S/C15H27NO6/c1-13(2)20-8-15(5,9-21-13)12(18)16-6-10(17)11-7-19-14(3,4)22-11/h10-11,17H,6-9H2,1-5H3,(H,16,18)/t10?,11-/m1/s1. The molecule has 0 aromatic carbocycles. The Balaban J connectivity index is 1.80.